The minimum Gasteiger partial charge on any atom is -0.508 e. The number of phenolic OH excluding ortho intramolecular Hbond substituents is 1. The van der Waals surface area contributed by atoms with E-state index in [9.17, 15) is 34.2 Å². The van der Waals surface area contributed by atoms with E-state index in [0.717, 1.165) is 117 Å². The number of hydrogen-bond acceptors (Lipinski definition) is 17. The van der Waals surface area contributed by atoms with E-state index < -0.39 is 29.1 Å². The number of thiazole rings is 1. The molecule has 6 atom stereocenters. The van der Waals surface area contributed by atoms with Crippen LogP contribution in [-0.4, -0.2) is 134 Å². The van der Waals surface area contributed by atoms with E-state index in [1.807, 2.05) is 32.3 Å². The van der Waals surface area contributed by atoms with E-state index >= 15 is 0 Å². The van der Waals surface area contributed by atoms with Crippen LogP contribution in [0.3, 0.4) is 0 Å². The van der Waals surface area contributed by atoms with Gasteiger partial charge in [-0.3, -0.25) is 29.2 Å². The number of ether oxygens (including phenoxy) is 3. The van der Waals surface area contributed by atoms with Crippen LogP contribution in [0.15, 0.2) is 64.9 Å². The first kappa shape index (κ1) is 59.8. The average molecular weight is 1200 g/mol. The number of hydrazine groups is 1. The molecular formula is C66H78N10O10S. The maximum atomic E-state index is 14.1. The van der Waals surface area contributed by atoms with Gasteiger partial charge >= 0.3 is 11.9 Å². The molecule has 7 aromatic rings. The smallest absolute Gasteiger partial charge is 0.343 e. The van der Waals surface area contributed by atoms with E-state index in [-0.39, 0.29) is 67.2 Å². The summed E-state index contributed by atoms with van der Waals surface area (Å²) in [4.78, 5) is 86.4. The number of likely N-dealkylation sites (N-methyl/N-ethyl adjacent to an activating group) is 1. The fourth-order valence-electron chi connectivity index (χ4n) is 13.4. The number of esters is 2. The number of aromatic nitrogens is 5. The predicted molar refractivity (Wildman–Crippen MR) is 332 cm³/mol. The van der Waals surface area contributed by atoms with Crippen LogP contribution in [0, 0.1) is 17.3 Å². The Morgan fingerprint density at radius 2 is 1.75 bits per heavy atom. The number of rotatable bonds is 9. The van der Waals surface area contributed by atoms with Crippen molar-refractivity contribution in [2.24, 2.45) is 17.3 Å². The molecule has 4 N–H and O–H groups in total. The third kappa shape index (κ3) is 11.1. The largest absolute Gasteiger partial charge is 0.508 e. The van der Waals surface area contributed by atoms with Crippen LogP contribution < -0.4 is 21.2 Å². The number of pyridine rings is 3. The number of nitrogens with zero attached hydrogens (tertiary/aromatic N) is 8. The first-order valence-electron chi connectivity index (χ1n) is 30.7. The van der Waals surface area contributed by atoms with Crippen molar-refractivity contribution in [3.8, 4) is 39.7 Å². The zero-order valence-corrected chi connectivity index (χ0v) is 51.9. The summed E-state index contributed by atoms with van der Waals surface area (Å²) in [6.07, 6.45) is 5.43. The van der Waals surface area contributed by atoms with E-state index in [2.05, 4.69) is 77.2 Å². The fraction of sp³-hybridized carbons (Fsp3) is 0.485. The molecule has 0 spiro atoms. The topological polar surface area (TPSA) is 236 Å². The Bertz CT molecular complexity index is 3960. The molecule has 1 saturated carbocycles. The third-order valence-electron chi connectivity index (χ3n) is 18.7. The summed E-state index contributed by atoms with van der Waals surface area (Å²) in [6.45, 7) is 19.6. The lowest BCUT2D eigenvalue weighted by Gasteiger charge is -2.35. The molecule has 13 rings (SSSR count). The number of hydrogen-bond donors (Lipinski definition) is 4. The summed E-state index contributed by atoms with van der Waals surface area (Å²) in [5, 5.41) is 30.2. The van der Waals surface area contributed by atoms with Crippen molar-refractivity contribution in [1.82, 2.24) is 44.7 Å². The summed E-state index contributed by atoms with van der Waals surface area (Å²) in [7, 11) is 3.89. The number of carbonyl (C=O) groups is 4. The van der Waals surface area contributed by atoms with Crippen LogP contribution in [0.25, 0.3) is 55.7 Å². The molecule has 6 bridgehead atoms. The number of aromatic hydroxyl groups is 1. The summed E-state index contributed by atoms with van der Waals surface area (Å²) >= 11 is 1.49. The Hall–Kier alpha value is -7.56. The molecule has 2 aromatic carbocycles. The molecule has 87 heavy (non-hydrogen) atoms. The van der Waals surface area contributed by atoms with E-state index in [1.165, 1.54) is 16.3 Å². The first-order valence-corrected chi connectivity index (χ1v) is 31.5. The number of phenols is 1. The van der Waals surface area contributed by atoms with Crippen LogP contribution in [0.4, 0.5) is 5.69 Å². The SMILES string of the molecule is CCc1c2c(nc3ccc(O)cc13)-c1cc3c(c(=O)n1C2)COC(=O)[C@]3(O)CC.CCn1c(-c2cc(N3CCN(C)CC3)cnc2C(C)OC)c2c3cc(ccc31)-c1csc(n1)CC(NC(=O)C1CC1C)C(=O)N1CCCC(N1)C(=O)OCC(C)(C)C2. The summed E-state index contributed by atoms with van der Waals surface area (Å²) in [6, 6.07) is 14.1. The molecule has 5 aromatic heterocycles. The Morgan fingerprint density at radius 3 is 2.47 bits per heavy atom. The van der Waals surface area contributed by atoms with E-state index in [1.54, 1.807) is 42.9 Å². The minimum absolute atomic E-state index is 0.0897. The van der Waals surface area contributed by atoms with Crippen molar-refractivity contribution in [2.45, 2.75) is 137 Å². The summed E-state index contributed by atoms with van der Waals surface area (Å²) in [5.41, 5.74) is 13.3. The number of carbonyl (C=O) groups excluding carboxylic acids is 4. The van der Waals surface area contributed by atoms with Gasteiger partial charge in [0.15, 0.2) is 5.60 Å². The molecule has 2 amide bonds. The van der Waals surface area contributed by atoms with Gasteiger partial charge in [0.2, 0.25) is 5.91 Å². The van der Waals surface area contributed by atoms with E-state index in [0.29, 0.717) is 67.2 Å². The first-order chi connectivity index (χ1) is 41.7. The number of fused-ring (bicyclic) bond motifs is 11. The Balaban J connectivity index is 0.000000212. The second kappa shape index (κ2) is 23.5. The molecule has 5 aliphatic heterocycles. The normalized spacial score (nSPS) is 23.0. The highest BCUT2D eigenvalue weighted by atomic mass is 32.1. The number of anilines is 1. The average Bonchev–Trinajstić information content (AvgIpc) is 1.89. The van der Waals surface area contributed by atoms with Gasteiger partial charge in [0.25, 0.3) is 11.5 Å². The molecule has 10 heterocycles. The van der Waals surface area contributed by atoms with Crippen molar-refractivity contribution in [3.63, 3.8) is 0 Å². The third-order valence-corrected chi connectivity index (χ3v) is 19.5. The van der Waals surface area contributed by atoms with Crippen LogP contribution in [-0.2, 0) is 77.9 Å². The molecule has 0 radical (unpaired) electrons. The number of methoxy groups -OCH3 is 1. The zero-order chi connectivity index (χ0) is 61.4. The number of piperazine rings is 1. The van der Waals surface area contributed by atoms with Crippen LogP contribution in [0.1, 0.15) is 119 Å². The summed E-state index contributed by atoms with van der Waals surface area (Å²) < 4.78 is 21.2. The molecule has 458 valence electrons. The van der Waals surface area contributed by atoms with Gasteiger partial charge in [0.1, 0.15) is 24.4 Å². The summed E-state index contributed by atoms with van der Waals surface area (Å²) in [5.74, 6) is -1.12. The Morgan fingerprint density at radius 1 is 0.966 bits per heavy atom. The molecule has 21 heteroatoms. The van der Waals surface area contributed by atoms with Gasteiger partial charge < -0.3 is 48.7 Å². The molecule has 2 saturated heterocycles. The molecule has 3 fully saturated rings. The molecule has 5 unspecified atom stereocenters. The van der Waals surface area contributed by atoms with Gasteiger partial charge in [0.05, 0.1) is 75.7 Å². The van der Waals surface area contributed by atoms with Crippen LogP contribution in [0.2, 0.25) is 0 Å². The highest BCUT2D eigenvalue weighted by Gasteiger charge is 2.46. The van der Waals surface area contributed by atoms with Crippen LogP contribution >= 0.6 is 11.3 Å². The van der Waals surface area contributed by atoms with Gasteiger partial charge in [-0.05, 0) is 119 Å². The Kier molecular flexibility index (Phi) is 16.2. The number of cyclic esters (lactones) is 2. The van der Waals surface area contributed by atoms with Gasteiger partial charge in [0, 0.05) is 108 Å². The number of amides is 2. The van der Waals surface area contributed by atoms with Gasteiger partial charge in [-0.25, -0.2) is 20.2 Å². The predicted octanol–water partition coefficient (Wildman–Crippen LogP) is 7.96. The molecule has 6 aliphatic rings. The monoisotopic (exact) mass is 1200 g/mol. The molecular weight excluding hydrogens is 1120 g/mol. The Labute approximate surface area is 509 Å². The number of aryl methyl sites for hydroxylation is 2. The maximum Gasteiger partial charge on any atom is 0.343 e. The van der Waals surface area contributed by atoms with Crippen molar-refractivity contribution in [2.75, 3.05) is 58.4 Å². The number of nitrogens with one attached hydrogen (secondary N) is 2. The fourth-order valence-corrected chi connectivity index (χ4v) is 14.2. The minimum atomic E-state index is -1.83. The van der Waals surface area contributed by atoms with Gasteiger partial charge in [-0.2, -0.15) is 0 Å². The standard InChI is InChI=1S/C44H58N8O5S.C22H20N2O5/c1-8-51-37-12-11-28-19-31(37)33(40(51)32-20-29(23-45-39(32)27(3)56-7)50-16-14-49(6)15-17-50)22-44(4,5)25-57-43(55)34-10-9-13-52(48-34)42(54)35(21-38-46-36(28)24-58-38)47-41(53)30-18-26(30)2;1-3-12-13-7-11(25)5-6-17(13)23-19-14(12)9-24-18(19)8-16-15(20(24)26)10-29-21(27)22(16,28)4-2/h11-12,19-20,23-24,26-27,30,34-35,48H,8-10,13-18,21-22,25H2,1-7H3,(H,47,53);5-8,25,28H,3-4,9-10H2,1-2H3/t;22-/m.0/s1. The van der Waals surface area contributed by atoms with Gasteiger partial charge in [-0.15, -0.1) is 11.3 Å². The van der Waals surface area contributed by atoms with E-state index in [4.69, 9.17) is 29.2 Å². The quantitative estimate of drug-likeness (QED) is 0.100. The lowest BCUT2D eigenvalue weighted by Crippen LogP contribution is -2.60. The van der Waals surface area contributed by atoms with Crippen molar-refractivity contribution >= 4 is 62.6 Å². The van der Waals surface area contributed by atoms with Crippen LogP contribution in [0.5, 0.6) is 5.75 Å². The number of aliphatic hydroxyl groups is 1. The second-order valence-corrected chi connectivity index (χ2v) is 26.1. The molecule has 20 nitrogen and oxygen atoms in total. The zero-order valence-electron chi connectivity index (χ0n) is 51.1. The van der Waals surface area contributed by atoms with Crippen molar-refractivity contribution in [3.05, 3.63) is 109 Å². The highest BCUT2D eigenvalue weighted by molar-refractivity contribution is 7.10. The second-order valence-electron chi connectivity index (χ2n) is 25.1. The lowest BCUT2D eigenvalue weighted by atomic mass is 9.84. The van der Waals surface area contributed by atoms with Crippen molar-refractivity contribution < 1.29 is 43.6 Å². The highest BCUT2D eigenvalue weighted by Crippen LogP contribution is 2.45. The lowest BCUT2D eigenvalue weighted by molar-refractivity contribution is -0.172. The molecule has 1 aliphatic carbocycles. The maximum absolute atomic E-state index is 14.1. The van der Waals surface area contributed by atoms with Crippen molar-refractivity contribution in [1.29, 1.82) is 0 Å². The van der Waals surface area contributed by atoms with Gasteiger partial charge in [-0.1, -0.05) is 40.7 Å². The number of benzene rings is 2.